The standard InChI is InChI=1S/C18H11ClN4O6/c19-16-6-4-13(23(27)28)9-15(16)17-7-5-14(29-17)10-20-21-18(24)11-2-1-3-12(8-11)22(25)26/h1-10H,(H,21,24)/b20-10-. The van der Waals surface area contributed by atoms with Crippen LogP contribution < -0.4 is 5.43 Å². The van der Waals surface area contributed by atoms with Crippen molar-refractivity contribution < 1.29 is 19.1 Å². The Morgan fingerprint density at radius 3 is 2.48 bits per heavy atom. The van der Waals surface area contributed by atoms with Crippen LogP contribution in [0.5, 0.6) is 0 Å². The first-order valence-corrected chi connectivity index (χ1v) is 8.35. The summed E-state index contributed by atoms with van der Waals surface area (Å²) in [7, 11) is 0. The van der Waals surface area contributed by atoms with Gasteiger partial charge in [0.15, 0.2) is 0 Å². The van der Waals surface area contributed by atoms with Crippen LogP contribution in [0.4, 0.5) is 11.4 Å². The summed E-state index contributed by atoms with van der Waals surface area (Å²) in [4.78, 5) is 32.5. The van der Waals surface area contributed by atoms with Crippen molar-refractivity contribution in [1.29, 1.82) is 0 Å². The molecule has 0 bridgehead atoms. The highest BCUT2D eigenvalue weighted by molar-refractivity contribution is 6.33. The fourth-order valence-corrected chi connectivity index (χ4v) is 2.57. The number of nitro groups is 2. The third-order valence-corrected chi connectivity index (χ3v) is 4.06. The Morgan fingerprint density at radius 2 is 1.76 bits per heavy atom. The lowest BCUT2D eigenvalue weighted by Crippen LogP contribution is -2.17. The lowest BCUT2D eigenvalue weighted by atomic mass is 10.1. The Bertz CT molecular complexity index is 1140. The lowest BCUT2D eigenvalue weighted by Gasteiger charge is -2.01. The van der Waals surface area contributed by atoms with Gasteiger partial charge in [0, 0.05) is 35.4 Å². The van der Waals surface area contributed by atoms with Crippen LogP contribution in [0, 0.1) is 20.2 Å². The van der Waals surface area contributed by atoms with Crippen LogP contribution in [-0.2, 0) is 0 Å². The molecule has 1 amide bonds. The molecule has 29 heavy (non-hydrogen) atoms. The molecule has 3 rings (SSSR count). The van der Waals surface area contributed by atoms with Crippen molar-refractivity contribution >= 4 is 35.1 Å². The van der Waals surface area contributed by atoms with E-state index in [1.165, 1.54) is 48.7 Å². The molecule has 2 aromatic carbocycles. The molecule has 0 radical (unpaired) electrons. The van der Waals surface area contributed by atoms with Crippen LogP contribution in [0.3, 0.4) is 0 Å². The second-order valence-corrected chi connectivity index (χ2v) is 6.04. The number of hydrazone groups is 1. The predicted molar refractivity (Wildman–Crippen MR) is 104 cm³/mol. The zero-order valence-corrected chi connectivity index (χ0v) is 15.2. The van der Waals surface area contributed by atoms with Gasteiger partial charge in [0.2, 0.25) is 0 Å². The minimum absolute atomic E-state index is 0.0693. The summed E-state index contributed by atoms with van der Waals surface area (Å²) in [6.45, 7) is 0. The zero-order valence-electron chi connectivity index (χ0n) is 14.4. The quantitative estimate of drug-likeness (QED) is 0.364. The lowest BCUT2D eigenvalue weighted by molar-refractivity contribution is -0.385. The highest BCUT2D eigenvalue weighted by Crippen LogP contribution is 2.32. The average molecular weight is 415 g/mol. The molecule has 0 aliphatic carbocycles. The van der Waals surface area contributed by atoms with E-state index in [4.69, 9.17) is 16.0 Å². The monoisotopic (exact) mass is 414 g/mol. The number of non-ortho nitro benzene ring substituents is 2. The van der Waals surface area contributed by atoms with E-state index in [0.717, 1.165) is 6.07 Å². The van der Waals surface area contributed by atoms with Crippen molar-refractivity contribution in [3.63, 3.8) is 0 Å². The number of rotatable bonds is 6. The maximum Gasteiger partial charge on any atom is 0.271 e. The Labute approximate surface area is 167 Å². The summed E-state index contributed by atoms with van der Waals surface area (Å²) >= 11 is 6.07. The second-order valence-electron chi connectivity index (χ2n) is 5.63. The summed E-state index contributed by atoms with van der Waals surface area (Å²) < 4.78 is 5.53. The molecular weight excluding hydrogens is 404 g/mol. The number of nitrogens with one attached hydrogen (secondary N) is 1. The topological polar surface area (TPSA) is 141 Å². The van der Waals surface area contributed by atoms with Crippen molar-refractivity contribution in [2.45, 2.75) is 0 Å². The zero-order chi connectivity index (χ0) is 21.0. The molecule has 0 atom stereocenters. The Morgan fingerprint density at radius 1 is 1.03 bits per heavy atom. The minimum atomic E-state index is -0.640. The molecule has 3 aromatic rings. The van der Waals surface area contributed by atoms with Crippen molar-refractivity contribution in [1.82, 2.24) is 5.43 Å². The summed E-state index contributed by atoms with van der Waals surface area (Å²) in [6, 6.07) is 12.2. The van der Waals surface area contributed by atoms with Gasteiger partial charge in [-0.3, -0.25) is 25.0 Å². The molecule has 0 saturated heterocycles. The van der Waals surface area contributed by atoms with E-state index in [1.54, 1.807) is 6.07 Å². The largest absolute Gasteiger partial charge is 0.455 e. The van der Waals surface area contributed by atoms with Crippen molar-refractivity contribution in [2.24, 2.45) is 5.10 Å². The van der Waals surface area contributed by atoms with Crippen LogP contribution >= 0.6 is 11.6 Å². The highest BCUT2D eigenvalue weighted by atomic mass is 35.5. The highest BCUT2D eigenvalue weighted by Gasteiger charge is 2.14. The molecule has 0 spiro atoms. The van der Waals surface area contributed by atoms with Crippen LogP contribution in [0.2, 0.25) is 5.02 Å². The third-order valence-electron chi connectivity index (χ3n) is 3.73. The number of hydrogen-bond donors (Lipinski definition) is 1. The smallest absolute Gasteiger partial charge is 0.271 e. The van der Waals surface area contributed by atoms with Crippen LogP contribution in [0.25, 0.3) is 11.3 Å². The average Bonchev–Trinajstić information content (AvgIpc) is 3.16. The molecule has 0 fully saturated rings. The van der Waals surface area contributed by atoms with Gasteiger partial charge in [-0.25, -0.2) is 5.43 Å². The SMILES string of the molecule is O=C(N/N=C\c1ccc(-c2cc([N+](=O)[O-])ccc2Cl)o1)c1cccc([N+](=O)[O-])c1. The molecule has 10 nitrogen and oxygen atoms in total. The Kier molecular flexibility index (Phi) is 5.65. The van der Waals surface area contributed by atoms with E-state index in [2.05, 4.69) is 10.5 Å². The van der Waals surface area contributed by atoms with E-state index in [1.807, 2.05) is 0 Å². The summed E-state index contributed by atoms with van der Waals surface area (Å²) in [6.07, 6.45) is 1.21. The van der Waals surface area contributed by atoms with Gasteiger partial charge >= 0.3 is 0 Å². The fourth-order valence-electron chi connectivity index (χ4n) is 2.36. The Hall–Kier alpha value is -4.05. The van der Waals surface area contributed by atoms with Gasteiger partial charge in [-0.15, -0.1) is 0 Å². The first kappa shape index (κ1) is 19.7. The van der Waals surface area contributed by atoms with Gasteiger partial charge in [-0.05, 0) is 24.3 Å². The third kappa shape index (κ3) is 4.62. The predicted octanol–water partition coefficient (Wildman–Crippen LogP) is 4.18. The van der Waals surface area contributed by atoms with Gasteiger partial charge in [0.1, 0.15) is 11.5 Å². The normalized spacial score (nSPS) is 10.8. The number of hydrogen-bond acceptors (Lipinski definition) is 7. The van der Waals surface area contributed by atoms with Gasteiger partial charge in [0.05, 0.1) is 21.1 Å². The number of amides is 1. The van der Waals surface area contributed by atoms with Crippen molar-refractivity contribution in [3.8, 4) is 11.3 Å². The van der Waals surface area contributed by atoms with Gasteiger partial charge < -0.3 is 4.42 Å². The number of halogens is 1. The number of nitro benzene ring substituents is 2. The summed E-state index contributed by atoms with van der Waals surface area (Å²) in [5.74, 6) is -0.106. The molecule has 0 unspecified atom stereocenters. The number of furan rings is 1. The molecule has 11 heteroatoms. The molecule has 1 aromatic heterocycles. The number of benzene rings is 2. The Balaban J connectivity index is 1.72. The molecule has 0 aliphatic rings. The molecule has 1 N–H and O–H groups in total. The maximum absolute atomic E-state index is 12.0. The second kappa shape index (κ2) is 8.31. The van der Waals surface area contributed by atoms with Crippen molar-refractivity contribution in [2.75, 3.05) is 0 Å². The van der Waals surface area contributed by atoms with Gasteiger partial charge in [-0.1, -0.05) is 17.7 Å². The van der Waals surface area contributed by atoms with Gasteiger partial charge in [0.25, 0.3) is 17.3 Å². The van der Waals surface area contributed by atoms with Crippen LogP contribution in [0.1, 0.15) is 16.1 Å². The first-order valence-electron chi connectivity index (χ1n) is 7.97. The van der Waals surface area contributed by atoms with Crippen LogP contribution in [0.15, 0.2) is 64.1 Å². The van der Waals surface area contributed by atoms with Gasteiger partial charge in [-0.2, -0.15) is 5.10 Å². The van der Waals surface area contributed by atoms with Crippen LogP contribution in [-0.4, -0.2) is 22.0 Å². The number of carbonyl (C=O) groups excluding carboxylic acids is 1. The van der Waals surface area contributed by atoms with E-state index >= 15 is 0 Å². The maximum atomic E-state index is 12.0. The number of carbonyl (C=O) groups is 1. The first-order chi connectivity index (χ1) is 13.8. The summed E-state index contributed by atoms with van der Waals surface area (Å²) in [5, 5.41) is 25.7. The van der Waals surface area contributed by atoms with E-state index in [9.17, 15) is 25.0 Å². The van der Waals surface area contributed by atoms with E-state index in [0.29, 0.717) is 5.56 Å². The molecule has 0 saturated carbocycles. The minimum Gasteiger partial charge on any atom is -0.455 e. The molecular formula is C18H11ClN4O6. The summed E-state index contributed by atoms with van der Waals surface area (Å²) in [5.41, 5.74) is 2.28. The number of nitrogens with zero attached hydrogens (tertiary/aromatic N) is 3. The van der Waals surface area contributed by atoms with E-state index < -0.39 is 15.8 Å². The van der Waals surface area contributed by atoms with E-state index in [-0.39, 0.29) is 33.5 Å². The molecule has 146 valence electrons. The fraction of sp³-hybridized carbons (Fsp3) is 0. The van der Waals surface area contributed by atoms with Crippen molar-refractivity contribution in [3.05, 3.63) is 91.2 Å². The molecule has 0 aliphatic heterocycles. The molecule has 1 heterocycles.